The van der Waals surface area contributed by atoms with Crippen molar-refractivity contribution in [1.82, 2.24) is 4.90 Å². The molecule has 110 valence electrons. The predicted octanol–water partition coefficient (Wildman–Crippen LogP) is 2.40. The molecule has 1 heterocycles. The molecule has 21 heavy (non-hydrogen) atoms. The van der Waals surface area contributed by atoms with Crippen LogP contribution in [-0.2, 0) is 9.59 Å². The highest BCUT2D eigenvalue weighted by molar-refractivity contribution is 6.06. The lowest BCUT2D eigenvalue weighted by Crippen LogP contribution is -2.36. The van der Waals surface area contributed by atoms with E-state index in [2.05, 4.69) is 5.32 Å². The van der Waals surface area contributed by atoms with Gasteiger partial charge in [0.15, 0.2) is 0 Å². The van der Waals surface area contributed by atoms with Crippen molar-refractivity contribution < 1.29 is 9.59 Å². The smallest absolute Gasteiger partial charge is 0.234 e. The molecule has 0 radical (unpaired) electrons. The maximum Gasteiger partial charge on any atom is 0.234 e. The summed E-state index contributed by atoms with van der Waals surface area (Å²) < 4.78 is 0. The molecule has 1 aromatic carbocycles. The monoisotopic (exact) mass is 284 g/mol. The van der Waals surface area contributed by atoms with Crippen LogP contribution in [0.15, 0.2) is 24.3 Å². The van der Waals surface area contributed by atoms with Crippen molar-refractivity contribution in [2.75, 3.05) is 12.0 Å². The molecule has 2 saturated carbocycles. The number of nitrogens with one attached hydrogen (secondary N) is 1. The van der Waals surface area contributed by atoms with E-state index in [0.717, 1.165) is 24.9 Å². The number of imide groups is 1. The van der Waals surface area contributed by atoms with Gasteiger partial charge in [-0.15, -0.1) is 0 Å². The van der Waals surface area contributed by atoms with E-state index in [-0.39, 0.29) is 23.7 Å². The van der Waals surface area contributed by atoms with Gasteiger partial charge >= 0.3 is 0 Å². The van der Waals surface area contributed by atoms with Crippen LogP contribution >= 0.6 is 0 Å². The summed E-state index contributed by atoms with van der Waals surface area (Å²) in [6, 6.07) is 7.99. The first kappa shape index (κ1) is 12.9. The Labute approximate surface area is 124 Å². The first-order valence-electron chi connectivity index (χ1n) is 7.81. The number of amides is 2. The minimum absolute atomic E-state index is 0.0175. The van der Waals surface area contributed by atoms with Crippen LogP contribution in [0.3, 0.4) is 0 Å². The van der Waals surface area contributed by atoms with Crippen LogP contribution in [-0.4, -0.2) is 23.4 Å². The fraction of sp³-hybridized carbons (Fsp3) is 0.529. The predicted molar refractivity (Wildman–Crippen MR) is 79.3 cm³/mol. The molecule has 4 nitrogen and oxygen atoms in total. The molecule has 0 spiro atoms. The highest BCUT2D eigenvalue weighted by Crippen LogP contribution is 2.55. The zero-order valence-electron chi connectivity index (χ0n) is 12.2. The lowest BCUT2D eigenvalue weighted by atomic mass is 9.81. The molecular formula is C17H20N2O2. The number of fused-ring (bicyclic) bond motifs is 5. The molecule has 2 bridgehead atoms. The minimum atomic E-state index is -0.0175. The molecule has 4 atom stereocenters. The third kappa shape index (κ3) is 1.88. The Kier molecular flexibility index (Phi) is 2.81. The fourth-order valence-corrected chi connectivity index (χ4v) is 4.47. The summed E-state index contributed by atoms with van der Waals surface area (Å²) in [5.74, 6) is 0.988. The van der Waals surface area contributed by atoms with Crippen LogP contribution in [0.4, 0.5) is 5.69 Å². The van der Waals surface area contributed by atoms with Gasteiger partial charge < -0.3 is 5.32 Å². The molecule has 1 N–H and O–H groups in total. The van der Waals surface area contributed by atoms with Crippen LogP contribution in [0.5, 0.6) is 0 Å². The maximum absolute atomic E-state index is 12.5. The van der Waals surface area contributed by atoms with Crippen molar-refractivity contribution in [1.29, 1.82) is 0 Å². The van der Waals surface area contributed by atoms with Crippen molar-refractivity contribution in [3.05, 3.63) is 29.8 Å². The van der Waals surface area contributed by atoms with Crippen molar-refractivity contribution >= 4 is 17.5 Å². The highest BCUT2D eigenvalue weighted by atomic mass is 16.2. The second-order valence-electron chi connectivity index (χ2n) is 6.69. The summed E-state index contributed by atoms with van der Waals surface area (Å²) in [4.78, 5) is 26.5. The minimum Gasteiger partial charge on any atom is -0.367 e. The second kappa shape index (κ2) is 4.58. The van der Waals surface area contributed by atoms with Crippen molar-refractivity contribution in [3.8, 4) is 0 Å². The van der Waals surface area contributed by atoms with Gasteiger partial charge in [0.1, 0.15) is 0 Å². The molecule has 2 aliphatic carbocycles. The highest BCUT2D eigenvalue weighted by Gasteiger charge is 2.60. The Morgan fingerprint density at radius 1 is 1.05 bits per heavy atom. The lowest BCUT2D eigenvalue weighted by Gasteiger charge is -2.19. The van der Waals surface area contributed by atoms with Gasteiger partial charge in [0.05, 0.1) is 18.5 Å². The van der Waals surface area contributed by atoms with E-state index < -0.39 is 0 Å². The molecular weight excluding hydrogens is 264 g/mol. The van der Waals surface area contributed by atoms with E-state index >= 15 is 0 Å². The third-order valence-corrected chi connectivity index (χ3v) is 5.51. The fourth-order valence-electron chi connectivity index (χ4n) is 4.47. The zero-order valence-corrected chi connectivity index (χ0v) is 12.2. The molecule has 1 saturated heterocycles. The number of hydrogen-bond acceptors (Lipinski definition) is 3. The summed E-state index contributed by atoms with van der Waals surface area (Å²) in [6.07, 6.45) is 3.35. The van der Waals surface area contributed by atoms with Crippen molar-refractivity contribution in [2.24, 2.45) is 23.7 Å². The van der Waals surface area contributed by atoms with Gasteiger partial charge in [0, 0.05) is 5.69 Å². The Hall–Kier alpha value is -1.84. The number of aryl methyl sites for hydroxylation is 1. The summed E-state index contributed by atoms with van der Waals surface area (Å²) in [5, 5.41) is 3.20. The molecule has 0 aromatic heterocycles. The molecule has 4 heteroatoms. The Morgan fingerprint density at radius 3 is 2.19 bits per heavy atom. The Bertz CT molecular complexity index is 567. The topological polar surface area (TPSA) is 49.4 Å². The number of nitrogens with zero attached hydrogens (tertiary/aromatic N) is 1. The number of benzene rings is 1. The van der Waals surface area contributed by atoms with Gasteiger partial charge in [-0.3, -0.25) is 14.5 Å². The average molecular weight is 284 g/mol. The van der Waals surface area contributed by atoms with Gasteiger partial charge in [-0.2, -0.15) is 0 Å². The number of carbonyl (C=O) groups is 2. The van der Waals surface area contributed by atoms with E-state index in [1.54, 1.807) is 0 Å². The van der Waals surface area contributed by atoms with E-state index in [9.17, 15) is 9.59 Å². The number of likely N-dealkylation sites (tertiary alicyclic amines) is 1. The number of hydrogen-bond donors (Lipinski definition) is 1. The largest absolute Gasteiger partial charge is 0.367 e. The zero-order chi connectivity index (χ0) is 14.6. The second-order valence-corrected chi connectivity index (χ2v) is 6.69. The van der Waals surface area contributed by atoms with E-state index in [0.29, 0.717) is 18.5 Å². The van der Waals surface area contributed by atoms with Gasteiger partial charge in [-0.05, 0) is 50.2 Å². The quantitative estimate of drug-likeness (QED) is 0.867. The van der Waals surface area contributed by atoms with Crippen LogP contribution < -0.4 is 5.32 Å². The third-order valence-electron chi connectivity index (χ3n) is 5.51. The Balaban J connectivity index is 1.48. The summed E-state index contributed by atoms with van der Waals surface area (Å²) in [7, 11) is 0. The molecule has 1 aromatic rings. The lowest BCUT2D eigenvalue weighted by molar-refractivity contribution is -0.140. The normalized spacial score (nSPS) is 33.7. The van der Waals surface area contributed by atoms with Gasteiger partial charge in [0.25, 0.3) is 0 Å². The molecule has 0 unspecified atom stereocenters. The van der Waals surface area contributed by atoms with Gasteiger partial charge in [0.2, 0.25) is 11.8 Å². The molecule has 4 rings (SSSR count). The SMILES string of the molecule is Cc1ccc(NCN2C(=O)[C@@H]3[C@H]4CC[C@@H](C4)[C@@H]3C2=O)cc1. The van der Waals surface area contributed by atoms with Crippen LogP contribution in [0.1, 0.15) is 24.8 Å². The number of carbonyl (C=O) groups excluding carboxylic acids is 2. The van der Waals surface area contributed by atoms with E-state index in [1.807, 2.05) is 31.2 Å². The van der Waals surface area contributed by atoms with Crippen molar-refractivity contribution in [2.45, 2.75) is 26.2 Å². The summed E-state index contributed by atoms with van der Waals surface area (Å²) >= 11 is 0. The summed E-state index contributed by atoms with van der Waals surface area (Å²) in [6.45, 7) is 2.33. The Morgan fingerprint density at radius 2 is 1.62 bits per heavy atom. The van der Waals surface area contributed by atoms with Gasteiger partial charge in [-0.1, -0.05) is 17.7 Å². The molecule has 1 aliphatic heterocycles. The first-order valence-corrected chi connectivity index (χ1v) is 7.81. The van der Waals surface area contributed by atoms with Crippen LogP contribution in [0.2, 0.25) is 0 Å². The molecule has 2 amide bonds. The van der Waals surface area contributed by atoms with Gasteiger partial charge in [-0.25, -0.2) is 0 Å². The standard InChI is InChI=1S/C17H20N2O2/c1-10-2-6-13(7-3-10)18-9-19-16(20)14-11-4-5-12(8-11)15(14)17(19)21/h2-3,6-7,11-12,14-15,18H,4-5,8-9H2,1H3/t11-,12-,14-,15+/m0/s1. The maximum atomic E-state index is 12.5. The van der Waals surface area contributed by atoms with E-state index in [1.165, 1.54) is 10.5 Å². The van der Waals surface area contributed by atoms with Crippen LogP contribution in [0.25, 0.3) is 0 Å². The van der Waals surface area contributed by atoms with E-state index in [4.69, 9.17) is 0 Å². The number of rotatable bonds is 3. The van der Waals surface area contributed by atoms with Crippen molar-refractivity contribution in [3.63, 3.8) is 0 Å². The number of anilines is 1. The summed E-state index contributed by atoms with van der Waals surface area (Å²) in [5.41, 5.74) is 2.14. The first-order chi connectivity index (χ1) is 10.1. The molecule has 3 fully saturated rings. The average Bonchev–Trinajstić information content (AvgIpc) is 3.14. The van der Waals surface area contributed by atoms with Crippen LogP contribution in [0, 0.1) is 30.6 Å². The molecule has 3 aliphatic rings.